The molecule has 130 valence electrons. The summed E-state index contributed by atoms with van der Waals surface area (Å²) in [7, 11) is 1.99. The minimum atomic E-state index is -0.0490. The van der Waals surface area contributed by atoms with E-state index in [4.69, 9.17) is 10.2 Å². The van der Waals surface area contributed by atoms with Gasteiger partial charge in [0.1, 0.15) is 11.5 Å². The topological polar surface area (TPSA) is 93.1 Å². The maximum absolute atomic E-state index is 5.87. The van der Waals surface area contributed by atoms with Crippen LogP contribution in [0, 0.1) is 6.92 Å². The van der Waals surface area contributed by atoms with Gasteiger partial charge >= 0.3 is 0 Å². The first-order valence-electron chi connectivity index (χ1n) is 8.10. The van der Waals surface area contributed by atoms with Crippen molar-refractivity contribution in [3.63, 3.8) is 0 Å². The van der Waals surface area contributed by atoms with Crippen LogP contribution in [0.4, 0.5) is 17.6 Å². The molecule has 3 rings (SSSR count). The van der Waals surface area contributed by atoms with E-state index in [0.717, 1.165) is 17.2 Å². The molecule has 1 atom stereocenters. The maximum atomic E-state index is 5.87. The van der Waals surface area contributed by atoms with Gasteiger partial charge in [-0.05, 0) is 45.2 Å². The van der Waals surface area contributed by atoms with Crippen LogP contribution in [0.2, 0.25) is 0 Å². The molecule has 25 heavy (non-hydrogen) atoms. The summed E-state index contributed by atoms with van der Waals surface area (Å²) in [5, 5.41) is 3.15. The van der Waals surface area contributed by atoms with Gasteiger partial charge in [-0.15, -0.1) is 0 Å². The molecule has 0 fully saturated rings. The lowest BCUT2D eigenvalue weighted by Gasteiger charge is -2.22. The Balaban J connectivity index is 1.76. The molecule has 0 saturated heterocycles. The number of hydrogen-bond acceptors (Lipinski definition) is 7. The lowest BCUT2D eigenvalue weighted by Crippen LogP contribution is -2.24. The monoisotopic (exact) mass is 338 g/mol. The molecule has 0 bridgehead atoms. The SMILES string of the molecule is Cc1ccc(CN(C)[C@H](C)c2nc(N)nc(Nc3ccccc3)n2)o1. The van der Waals surface area contributed by atoms with Crippen LogP contribution in [0.25, 0.3) is 0 Å². The molecule has 0 spiro atoms. The predicted molar refractivity (Wildman–Crippen MR) is 97.3 cm³/mol. The summed E-state index contributed by atoms with van der Waals surface area (Å²) >= 11 is 0. The normalized spacial score (nSPS) is 12.3. The number of benzene rings is 1. The smallest absolute Gasteiger partial charge is 0.232 e. The Morgan fingerprint density at radius 3 is 2.56 bits per heavy atom. The first-order chi connectivity index (χ1) is 12.0. The second kappa shape index (κ2) is 7.31. The van der Waals surface area contributed by atoms with Crippen molar-refractivity contribution < 1.29 is 4.42 Å². The summed E-state index contributed by atoms with van der Waals surface area (Å²) in [6.07, 6.45) is 0. The number of furan rings is 1. The number of nitrogen functional groups attached to an aromatic ring is 1. The van der Waals surface area contributed by atoms with Gasteiger partial charge in [-0.3, -0.25) is 4.90 Å². The van der Waals surface area contributed by atoms with Crippen molar-refractivity contribution in [2.24, 2.45) is 0 Å². The third kappa shape index (κ3) is 4.33. The number of nitrogens with one attached hydrogen (secondary N) is 1. The molecular formula is C18H22N6O. The highest BCUT2D eigenvalue weighted by molar-refractivity contribution is 5.53. The van der Waals surface area contributed by atoms with Gasteiger partial charge < -0.3 is 15.5 Å². The molecule has 0 aliphatic carbocycles. The van der Waals surface area contributed by atoms with Gasteiger partial charge in [0, 0.05) is 5.69 Å². The fraction of sp³-hybridized carbons (Fsp3) is 0.278. The molecule has 2 aromatic heterocycles. The van der Waals surface area contributed by atoms with Crippen molar-refractivity contribution in [3.8, 4) is 0 Å². The number of nitrogens with zero attached hydrogens (tertiary/aromatic N) is 4. The average molecular weight is 338 g/mol. The van der Waals surface area contributed by atoms with Gasteiger partial charge in [0.25, 0.3) is 0 Å². The fourth-order valence-corrected chi connectivity index (χ4v) is 2.45. The molecule has 0 unspecified atom stereocenters. The molecule has 7 nitrogen and oxygen atoms in total. The Kier molecular flexibility index (Phi) is 4.95. The van der Waals surface area contributed by atoms with E-state index < -0.39 is 0 Å². The Hall–Kier alpha value is -2.93. The molecule has 7 heteroatoms. The van der Waals surface area contributed by atoms with Crippen LogP contribution < -0.4 is 11.1 Å². The van der Waals surface area contributed by atoms with E-state index in [0.29, 0.717) is 18.3 Å². The predicted octanol–water partition coefficient (Wildman–Crippen LogP) is 3.29. The number of aryl methyl sites for hydroxylation is 1. The third-order valence-electron chi connectivity index (χ3n) is 3.94. The first-order valence-corrected chi connectivity index (χ1v) is 8.10. The molecule has 2 heterocycles. The van der Waals surface area contributed by atoms with Crippen molar-refractivity contribution in [1.29, 1.82) is 0 Å². The summed E-state index contributed by atoms with van der Waals surface area (Å²) in [5.41, 5.74) is 6.76. The standard InChI is InChI=1S/C18H22N6O/c1-12-9-10-15(25-12)11-24(3)13(2)16-21-17(19)23-18(22-16)20-14-7-5-4-6-8-14/h4-10,13H,11H2,1-3H3,(H3,19,20,21,22,23)/t13-/m1/s1. The zero-order valence-corrected chi connectivity index (χ0v) is 14.6. The van der Waals surface area contributed by atoms with E-state index in [1.165, 1.54) is 0 Å². The molecular weight excluding hydrogens is 316 g/mol. The molecule has 0 radical (unpaired) electrons. The Bertz CT molecular complexity index is 833. The number of aromatic nitrogens is 3. The quantitative estimate of drug-likeness (QED) is 0.712. The lowest BCUT2D eigenvalue weighted by atomic mass is 10.2. The Morgan fingerprint density at radius 2 is 1.88 bits per heavy atom. The van der Waals surface area contributed by atoms with Gasteiger partial charge in [0.15, 0.2) is 5.82 Å². The van der Waals surface area contributed by atoms with E-state index in [9.17, 15) is 0 Å². The number of nitrogens with two attached hydrogens (primary N) is 1. The van der Waals surface area contributed by atoms with Gasteiger partial charge in [-0.2, -0.15) is 15.0 Å². The van der Waals surface area contributed by atoms with E-state index in [2.05, 4.69) is 25.2 Å². The molecule has 0 saturated carbocycles. The number of hydrogen-bond donors (Lipinski definition) is 2. The van der Waals surface area contributed by atoms with Gasteiger partial charge in [-0.25, -0.2) is 0 Å². The first kappa shape index (κ1) is 16.9. The number of anilines is 3. The zero-order chi connectivity index (χ0) is 17.8. The summed E-state index contributed by atoms with van der Waals surface area (Å²) in [6.45, 7) is 4.61. The Morgan fingerprint density at radius 1 is 1.12 bits per heavy atom. The highest BCUT2D eigenvalue weighted by atomic mass is 16.3. The van der Waals surface area contributed by atoms with Crippen LogP contribution in [0.5, 0.6) is 0 Å². The number of rotatable bonds is 6. The largest absolute Gasteiger partial charge is 0.465 e. The van der Waals surface area contributed by atoms with Crippen LogP contribution >= 0.6 is 0 Å². The highest BCUT2D eigenvalue weighted by Gasteiger charge is 2.18. The molecule has 3 aromatic rings. The summed E-state index contributed by atoms with van der Waals surface area (Å²) in [4.78, 5) is 15.1. The zero-order valence-electron chi connectivity index (χ0n) is 14.6. The summed E-state index contributed by atoms with van der Waals surface area (Å²) in [6, 6.07) is 13.6. The second-order valence-corrected chi connectivity index (χ2v) is 5.97. The van der Waals surface area contributed by atoms with Crippen molar-refractivity contribution in [3.05, 3.63) is 59.8 Å². The van der Waals surface area contributed by atoms with Crippen molar-refractivity contribution >= 4 is 17.6 Å². The minimum Gasteiger partial charge on any atom is -0.465 e. The third-order valence-corrected chi connectivity index (χ3v) is 3.94. The minimum absolute atomic E-state index is 0.0490. The van der Waals surface area contributed by atoms with Crippen LogP contribution in [-0.4, -0.2) is 26.9 Å². The van der Waals surface area contributed by atoms with Gasteiger partial charge in [0.05, 0.1) is 12.6 Å². The van der Waals surface area contributed by atoms with Crippen LogP contribution in [-0.2, 0) is 6.54 Å². The average Bonchev–Trinajstić information content (AvgIpc) is 2.99. The van der Waals surface area contributed by atoms with E-state index in [-0.39, 0.29) is 12.0 Å². The summed E-state index contributed by atoms with van der Waals surface area (Å²) in [5.74, 6) is 3.03. The van der Waals surface area contributed by atoms with E-state index >= 15 is 0 Å². The molecule has 0 aliphatic rings. The highest BCUT2D eigenvalue weighted by Crippen LogP contribution is 2.21. The van der Waals surface area contributed by atoms with Crippen molar-refractivity contribution in [2.45, 2.75) is 26.4 Å². The molecule has 3 N–H and O–H groups in total. The van der Waals surface area contributed by atoms with Gasteiger partial charge in [0.2, 0.25) is 11.9 Å². The molecule has 1 aromatic carbocycles. The van der Waals surface area contributed by atoms with E-state index in [1.54, 1.807) is 0 Å². The number of para-hydroxylation sites is 1. The van der Waals surface area contributed by atoms with Crippen molar-refractivity contribution in [2.75, 3.05) is 18.1 Å². The lowest BCUT2D eigenvalue weighted by molar-refractivity contribution is 0.223. The second-order valence-electron chi connectivity index (χ2n) is 5.97. The Labute approximate surface area is 146 Å². The maximum Gasteiger partial charge on any atom is 0.232 e. The molecule has 0 aliphatic heterocycles. The van der Waals surface area contributed by atoms with Crippen LogP contribution in [0.3, 0.4) is 0 Å². The van der Waals surface area contributed by atoms with Gasteiger partial charge in [-0.1, -0.05) is 18.2 Å². The van der Waals surface area contributed by atoms with Crippen LogP contribution in [0.1, 0.15) is 30.3 Å². The molecule has 0 amide bonds. The summed E-state index contributed by atoms with van der Waals surface area (Å²) < 4.78 is 5.63. The van der Waals surface area contributed by atoms with E-state index in [1.807, 2.05) is 63.4 Å². The fourth-order valence-electron chi connectivity index (χ4n) is 2.45. The van der Waals surface area contributed by atoms with Crippen molar-refractivity contribution in [1.82, 2.24) is 19.9 Å². The van der Waals surface area contributed by atoms with Crippen LogP contribution in [0.15, 0.2) is 46.9 Å².